The number of carbonyl (C=O) groups excluding carboxylic acids is 2. The van der Waals surface area contributed by atoms with Crippen LogP contribution in [0.25, 0.3) is 21.8 Å². The van der Waals surface area contributed by atoms with Crippen LogP contribution >= 0.6 is 11.8 Å². The molecule has 0 amide bonds. The molecule has 1 aromatic heterocycles. The van der Waals surface area contributed by atoms with Gasteiger partial charge in [-0.3, -0.25) is 4.79 Å². The Kier molecular flexibility index (Phi) is 8.22. The quantitative estimate of drug-likeness (QED) is 0.0563. The van der Waals surface area contributed by atoms with Crippen molar-refractivity contribution in [2.24, 2.45) is 5.16 Å². The number of hydrogen-bond acceptors (Lipinski definition) is 5. The molecule has 0 N–H and O–H groups in total. The summed E-state index contributed by atoms with van der Waals surface area (Å²) >= 11 is 1.74. The van der Waals surface area contributed by atoms with Gasteiger partial charge in [0, 0.05) is 69.0 Å². The van der Waals surface area contributed by atoms with Gasteiger partial charge in [0.2, 0.25) is 0 Å². The van der Waals surface area contributed by atoms with E-state index in [2.05, 4.69) is 60.9 Å². The van der Waals surface area contributed by atoms with Gasteiger partial charge in [0.25, 0.3) is 0 Å². The molecule has 5 nitrogen and oxygen atoms in total. The summed E-state index contributed by atoms with van der Waals surface area (Å²) in [5.41, 5.74) is 7.32. The smallest absolute Gasteiger partial charge is 0.331 e. The Hall–Kier alpha value is -4.10. The van der Waals surface area contributed by atoms with Crippen molar-refractivity contribution in [2.75, 3.05) is 5.75 Å². The largest absolute Gasteiger partial charge is 0.341 e. The highest BCUT2D eigenvalue weighted by Gasteiger charge is 2.17. The maximum Gasteiger partial charge on any atom is 0.331 e. The number of aryl methyl sites for hydroxylation is 2. The first-order chi connectivity index (χ1) is 19.4. The second-order valence-corrected chi connectivity index (χ2v) is 11.1. The van der Waals surface area contributed by atoms with Gasteiger partial charge < -0.3 is 9.40 Å². The normalized spacial score (nSPS) is 11.7. The zero-order valence-corrected chi connectivity index (χ0v) is 24.0. The van der Waals surface area contributed by atoms with Crippen molar-refractivity contribution < 1.29 is 14.4 Å². The molecule has 0 saturated carbocycles. The van der Waals surface area contributed by atoms with Crippen molar-refractivity contribution in [3.63, 3.8) is 0 Å². The molecule has 0 unspecified atom stereocenters. The predicted octanol–water partition coefficient (Wildman–Crippen LogP) is 6.06. The molecule has 200 valence electrons. The Morgan fingerprint density at radius 1 is 0.900 bits per heavy atom. The van der Waals surface area contributed by atoms with E-state index in [0.29, 0.717) is 23.3 Å². The number of carbonyl (C=O) groups is 2. The standard InChI is InChI=1S/C33H31BN2O3S/c1-4-36-31-15-9-23(30(35-39-22(3)37)17-18-40-26-13-11-25(34)12-14-26)19-28(31)29-20-24(10-16-32(29)36)33(38)27-8-6-5-7-21(27)2/h5-16,19-20H,4,17-18,34H2,1-3H3/b35-30+. The molecule has 0 radical (unpaired) electrons. The Morgan fingerprint density at radius 2 is 1.55 bits per heavy atom. The molecule has 5 rings (SSSR count). The van der Waals surface area contributed by atoms with E-state index in [1.807, 2.05) is 55.5 Å². The Morgan fingerprint density at radius 3 is 2.20 bits per heavy atom. The molecule has 0 atom stereocenters. The van der Waals surface area contributed by atoms with Crippen LogP contribution in [0.4, 0.5) is 0 Å². The first-order valence-corrected chi connectivity index (χ1v) is 14.4. The average Bonchev–Trinajstić information content (AvgIpc) is 3.27. The lowest BCUT2D eigenvalue weighted by Crippen LogP contribution is -2.06. The summed E-state index contributed by atoms with van der Waals surface area (Å²) in [6, 6.07) is 28.3. The third kappa shape index (κ3) is 5.75. The van der Waals surface area contributed by atoms with Crippen molar-refractivity contribution in [3.8, 4) is 0 Å². The van der Waals surface area contributed by atoms with E-state index in [0.717, 1.165) is 45.2 Å². The zero-order chi connectivity index (χ0) is 28.2. The van der Waals surface area contributed by atoms with E-state index in [4.69, 9.17) is 4.84 Å². The van der Waals surface area contributed by atoms with Crippen LogP contribution in [0, 0.1) is 6.92 Å². The molecule has 0 fully saturated rings. The minimum Gasteiger partial charge on any atom is -0.341 e. The summed E-state index contributed by atoms with van der Waals surface area (Å²) in [7, 11) is 2.07. The molecule has 40 heavy (non-hydrogen) atoms. The van der Waals surface area contributed by atoms with Crippen molar-refractivity contribution in [1.82, 2.24) is 4.57 Å². The number of ketones is 1. The van der Waals surface area contributed by atoms with Crippen molar-refractivity contribution in [2.45, 2.75) is 38.6 Å². The molecule has 0 aliphatic heterocycles. The highest BCUT2D eigenvalue weighted by atomic mass is 32.2. The number of oxime groups is 1. The van der Waals surface area contributed by atoms with Gasteiger partial charge in [0.1, 0.15) is 7.85 Å². The lowest BCUT2D eigenvalue weighted by molar-refractivity contribution is -0.140. The molecular weight excluding hydrogens is 515 g/mol. The van der Waals surface area contributed by atoms with Gasteiger partial charge in [-0.15, -0.1) is 11.8 Å². The Bertz CT molecular complexity index is 1760. The third-order valence-corrected chi connectivity index (χ3v) is 8.09. The molecule has 1 heterocycles. The summed E-state index contributed by atoms with van der Waals surface area (Å²) in [5, 5.41) is 6.29. The SMILES string of the molecule is Bc1ccc(SCC/C(=N\OC(C)=O)c2ccc3c(c2)c2cc(C(=O)c4ccccc4C)ccc2n3CC)cc1. The maximum absolute atomic E-state index is 13.4. The molecular formula is C33H31BN2O3S. The molecule has 0 saturated heterocycles. The van der Waals surface area contributed by atoms with Crippen LogP contribution in [-0.4, -0.2) is 35.6 Å². The topological polar surface area (TPSA) is 60.7 Å². The first kappa shape index (κ1) is 27.5. The number of thioether (sulfide) groups is 1. The molecule has 5 aromatic rings. The van der Waals surface area contributed by atoms with Crippen LogP contribution in [0.5, 0.6) is 0 Å². The van der Waals surface area contributed by atoms with E-state index in [9.17, 15) is 9.59 Å². The number of rotatable bonds is 9. The van der Waals surface area contributed by atoms with Crippen LogP contribution in [-0.2, 0) is 16.2 Å². The van der Waals surface area contributed by atoms with Gasteiger partial charge in [-0.25, -0.2) is 4.79 Å². The second kappa shape index (κ2) is 12.0. The van der Waals surface area contributed by atoms with Gasteiger partial charge in [0.15, 0.2) is 5.78 Å². The number of nitrogens with zero attached hydrogens (tertiary/aromatic N) is 2. The summed E-state index contributed by atoms with van der Waals surface area (Å²) in [6.07, 6.45) is 0.626. The minimum atomic E-state index is -0.452. The maximum atomic E-state index is 13.4. The fourth-order valence-corrected chi connectivity index (χ4v) is 5.87. The molecule has 0 bridgehead atoms. The van der Waals surface area contributed by atoms with Crippen molar-refractivity contribution in [3.05, 3.63) is 107 Å². The fourth-order valence-electron chi connectivity index (χ4n) is 5.01. The predicted molar refractivity (Wildman–Crippen MR) is 168 cm³/mol. The Balaban J connectivity index is 1.53. The molecule has 0 aliphatic rings. The monoisotopic (exact) mass is 546 g/mol. The highest BCUT2D eigenvalue weighted by Crippen LogP contribution is 2.32. The van der Waals surface area contributed by atoms with E-state index in [1.165, 1.54) is 17.3 Å². The lowest BCUT2D eigenvalue weighted by atomic mass is 9.97. The van der Waals surface area contributed by atoms with E-state index < -0.39 is 5.97 Å². The van der Waals surface area contributed by atoms with Crippen molar-refractivity contribution >= 4 is 64.3 Å². The molecule has 4 aromatic carbocycles. The van der Waals surface area contributed by atoms with E-state index in [1.54, 1.807) is 11.8 Å². The minimum absolute atomic E-state index is 0.0128. The zero-order valence-electron chi connectivity index (χ0n) is 23.2. The van der Waals surface area contributed by atoms with Crippen LogP contribution in [0.2, 0.25) is 0 Å². The third-order valence-electron chi connectivity index (χ3n) is 7.08. The number of fused-ring (bicyclic) bond motifs is 3. The number of hydrogen-bond donors (Lipinski definition) is 0. The second-order valence-electron chi connectivity index (χ2n) is 9.88. The van der Waals surface area contributed by atoms with E-state index in [-0.39, 0.29) is 5.78 Å². The van der Waals surface area contributed by atoms with Crippen LogP contribution in [0.3, 0.4) is 0 Å². The first-order valence-electron chi connectivity index (χ1n) is 13.5. The highest BCUT2D eigenvalue weighted by molar-refractivity contribution is 7.99. The summed E-state index contributed by atoms with van der Waals surface area (Å²) in [4.78, 5) is 31.3. The van der Waals surface area contributed by atoms with Crippen LogP contribution < -0.4 is 5.46 Å². The number of aromatic nitrogens is 1. The van der Waals surface area contributed by atoms with Gasteiger partial charge in [-0.1, -0.05) is 53.1 Å². The Labute approximate surface area is 239 Å². The van der Waals surface area contributed by atoms with Crippen LogP contribution in [0.1, 0.15) is 47.3 Å². The summed E-state index contributed by atoms with van der Waals surface area (Å²) in [6.45, 7) is 6.23. The number of benzene rings is 4. The molecule has 0 spiro atoms. The van der Waals surface area contributed by atoms with Gasteiger partial charge in [-0.05, 0) is 61.9 Å². The van der Waals surface area contributed by atoms with Gasteiger partial charge in [0.05, 0.1) is 5.71 Å². The van der Waals surface area contributed by atoms with Crippen LogP contribution in [0.15, 0.2) is 95.0 Å². The van der Waals surface area contributed by atoms with E-state index >= 15 is 0 Å². The van der Waals surface area contributed by atoms with Gasteiger partial charge in [-0.2, -0.15) is 0 Å². The van der Waals surface area contributed by atoms with Crippen molar-refractivity contribution in [1.29, 1.82) is 0 Å². The summed E-state index contributed by atoms with van der Waals surface area (Å²) < 4.78 is 2.26. The fraction of sp³-hybridized carbons (Fsp3) is 0.182. The molecule has 7 heteroatoms. The average molecular weight is 547 g/mol. The summed E-state index contributed by atoms with van der Waals surface area (Å²) in [5.74, 6) is 0.345. The lowest BCUT2D eigenvalue weighted by Gasteiger charge is -2.08. The van der Waals surface area contributed by atoms with Gasteiger partial charge >= 0.3 is 5.97 Å². The molecule has 0 aliphatic carbocycles.